The van der Waals surface area contributed by atoms with Gasteiger partial charge < -0.3 is 0 Å². The van der Waals surface area contributed by atoms with E-state index in [0.29, 0.717) is 16.7 Å². The van der Waals surface area contributed by atoms with Gasteiger partial charge in [-0.05, 0) is 30.4 Å². The molecule has 1 aromatic rings. The minimum atomic E-state index is -3.26. The summed E-state index contributed by atoms with van der Waals surface area (Å²) in [5.74, 6) is 0.923. The fourth-order valence-electron chi connectivity index (χ4n) is 3.43. The predicted octanol–water partition coefficient (Wildman–Crippen LogP) is 1.63. The highest BCUT2D eigenvalue weighted by Crippen LogP contribution is 2.56. The normalized spacial score (nSPS) is 41.5. The lowest BCUT2D eigenvalue weighted by Gasteiger charge is -2.12. The summed E-state index contributed by atoms with van der Waals surface area (Å²) < 4.78 is 26.6. The highest BCUT2D eigenvalue weighted by Gasteiger charge is 2.66. The monoisotopic (exact) mass is 247 g/mol. The van der Waals surface area contributed by atoms with Gasteiger partial charge in [0.25, 0.3) is 0 Å². The van der Waals surface area contributed by atoms with Crippen LogP contribution in [0, 0.1) is 11.8 Å². The summed E-state index contributed by atoms with van der Waals surface area (Å²) in [5.41, 5.74) is 0. The molecule has 0 radical (unpaired) electrons. The molecule has 0 amide bonds. The van der Waals surface area contributed by atoms with E-state index in [2.05, 4.69) is 12.2 Å². The largest absolute Gasteiger partial charge is 0.243 e. The molecule has 1 aliphatic heterocycles. The van der Waals surface area contributed by atoms with Gasteiger partial charge >= 0.3 is 0 Å². The number of hydrogen-bond donors (Lipinski definition) is 0. The van der Waals surface area contributed by atoms with Crippen molar-refractivity contribution < 1.29 is 8.42 Å². The lowest BCUT2D eigenvalue weighted by molar-refractivity contribution is 0.463. The van der Waals surface area contributed by atoms with E-state index < -0.39 is 10.0 Å². The quantitative estimate of drug-likeness (QED) is 0.588. The van der Waals surface area contributed by atoms with Crippen molar-refractivity contribution >= 4 is 10.0 Å². The first-order valence-corrected chi connectivity index (χ1v) is 7.40. The van der Waals surface area contributed by atoms with Gasteiger partial charge in [0.05, 0.1) is 4.90 Å². The van der Waals surface area contributed by atoms with Gasteiger partial charge in [0, 0.05) is 12.1 Å². The SMILES string of the molecule is O=S(=O)(c1ccccc1)N1C2C1[C@@H]1C=C[C@@H]2C1. The maximum Gasteiger partial charge on any atom is 0.243 e. The standard InChI is InChI=1S/C13H13NO2S/c15-17(16,11-4-2-1-3-5-11)14-12-9-6-7-10(8-9)13(12)14/h1-7,9-10,12-13H,8H2/t9-,10-,12?,13?,14?/m1/s1. The van der Waals surface area contributed by atoms with Crippen molar-refractivity contribution in [3.05, 3.63) is 42.5 Å². The van der Waals surface area contributed by atoms with Crippen molar-refractivity contribution in [2.45, 2.75) is 23.4 Å². The molecule has 17 heavy (non-hydrogen) atoms. The Bertz CT molecular complexity index is 575. The number of fused-ring (bicyclic) bond motifs is 5. The van der Waals surface area contributed by atoms with Gasteiger partial charge in [-0.3, -0.25) is 0 Å². The van der Waals surface area contributed by atoms with Crippen LogP contribution in [-0.2, 0) is 10.0 Å². The Balaban J connectivity index is 1.71. The molecule has 2 bridgehead atoms. The average Bonchev–Trinajstić information content (AvgIpc) is 2.83. The Morgan fingerprint density at radius 2 is 1.59 bits per heavy atom. The van der Waals surface area contributed by atoms with E-state index in [9.17, 15) is 8.42 Å². The van der Waals surface area contributed by atoms with E-state index in [1.54, 1.807) is 28.6 Å². The van der Waals surface area contributed by atoms with Crippen LogP contribution in [0.2, 0.25) is 0 Å². The van der Waals surface area contributed by atoms with Gasteiger partial charge in [0.2, 0.25) is 10.0 Å². The fraction of sp³-hybridized carbons (Fsp3) is 0.385. The lowest BCUT2D eigenvalue weighted by atomic mass is 10.1. The summed E-state index contributed by atoms with van der Waals surface area (Å²) >= 11 is 0. The van der Waals surface area contributed by atoms with Crippen molar-refractivity contribution in [1.82, 2.24) is 4.31 Å². The maximum absolute atomic E-state index is 12.4. The third-order valence-corrected chi connectivity index (χ3v) is 6.10. The van der Waals surface area contributed by atoms with E-state index >= 15 is 0 Å². The zero-order chi connectivity index (χ0) is 11.6. The number of hydrogen-bond acceptors (Lipinski definition) is 2. The topological polar surface area (TPSA) is 37.1 Å². The minimum absolute atomic E-state index is 0.246. The minimum Gasteiger partial charge on any atom is -0.207 e. The zero-order valence-electron chi connectivity index (χ0n) is 9.23. The molecule has 1 aromatic carbocycles. The average molecular weight is 247 g/mol. The zero-order valence-corrected chi connectivity index (χ0v) is 10.0. The molecular formula is C13H13NO2S. The highest BCUT2D eigenvalue weighted by molar-refractivity contribution is 7.89. The van der Waals surface area contributed by atoms with Gasteiger partial charge in [0.15, 0.2) is 0 Å². The first-order chi connectivity index (χ1) is 8.19. The molecule has 4 atom stereocenters. The van der Waals surface area contributed by atoms with E-state index in [0.717, 1.165) is 6.42 Å². The number of benzene rings is 1. The first kappa shape index (κ1) is 9.85. The number of nitrogens with zero attached hydrogens (tertiary/aromatic N) is 1. The van der Waals surface area contributed by atoms with Crippen LogP contribution in [0.1, 0.15) is 6.42 Å². The van der Waals surface area contributed by atoms with Gasteiger partial charge in [-0.1, -0.05) is 30.4 Å². The van der Waals surface area contributed by atoms with Gasteiger partial charge in [0.1, 0.15) is 0 Å². The van der Waals surface area contributed by atoms with Crippen molar-refractivity contribution in [1.29, 1.82) is 0 Å². The van der Waals surface area contributed by atoms with Crippen LogP contribution in [0.4, 0.5) is 0 Å². The van der Waals surface area contributed by atoms with E-state index in [1.165, 1.54) is 0 Å². The molecule has 2 fully saturated rings. The lowest BCUT2D eigenvalue weighted by Crippen LogP contribution is -2.21. The van der Waals surface area contributed by atoms with Crippen molar-refractivity contribution in [2.75, 3.05) is 0 Å². The fourth-order valence-corrected chi connectivity index (χ4v) is 5.32. The summed E-state index contributed by atoms with van der Waals surface area (Å²) in [6.45, 7) is 0. The smallest absolute Gasteiger partial charge is 0.207 e. The van der Waals surface area contributed by atoms with Crippen LogP contribution in [0.25, 0.3) is 0 Å². The Hall–Kier alpha value is -1.13. The van der Waals surface area contributed by atoms with E-state index in [1.807, 2.05) is 6.07 Å². The molecule has 2 unspecified atom stereocenters. The maximum atomic E-state index is 12.4. The molecule has 4 heteroatoms. The molecule has 88 valence electrons. The summed E-state index contributed by atoms with van der Waals surface area (Å²) in [5, 5.41) is 0. The molecule has 4 rings (SSSR count). The number of piperidine rings is 1. The Morgan fingerprint density at radius 3 is 2.18 bits per heavy atom. The predicted molar refractivity (Wildman–Crippen MR) is 63.8 cm³/mol. The van der Waals surface area contributed by atoms with Crippen molar-refractivity contribution in [3.63, 3.8) is 0 Å². The molecule has 3 aliphatic rings. The molecular weight excluding hydrogens is 234 g/mol. The third-order valence-electron chi connectivity index (χ3n) is 4.19. The van der Waals surface area contributed by atoms with E-state index in [-0.39, 0.29) is 12.1 Å². The summed E-state index contributed by atoms with van der Waals surface area (Å²) in [4.78, 5) is 0.425. The molecule has 1 saturated heterocycles. The van der Waals surface area contributed by atoms with E-state index in [4.69, 9.17) is 0 Å². The molecule has 0 aromatic heterocycles. The number of rotatable bonds is 2. The molecule has 2 aliphatic carbocycles. The van der Waals surface area contributed by atoms with Crippen LogP contribution < -0.4 is 0 Å². The van der Waals surface area contributed by atoms with Crippen molar-refractivity contribution in [2.24, 2.45) is 11.8 Å². The number of sulfonamides is 1. The second-order valence-electron chi connectivity index (χ2n) is 5.08. The van der Waals surface area contributed by atoms with Crippen LogP contribution in [0.15, 0.2) is 47.4 Å². The highest BCUT2D eigenvalue weighted by atomic mass is 32.2. The van der Waals surface area contributed by atoms with Crippen LogP contribution in [-0.4, -0.2) is 24.8 Å². The molecule has 3 nitrogen and oxygen atoms in total. The molecule has 0 spiro atoms. The van der Waals surface area contributed by atoms with Gasteiger partial charge in [-0.2, -0.15) is 4.31 Å². The Morgan fingerprint density at radius 1 is 1.00 bits per heavy atom. The second-order valence-corrected chi connectivity index (χ2v) is 6.92. The van der Waals surface area contributed by atoms with Gasteiger partial charge in [-0.25, -0.2) is 8.42 Å². The van der Waals surface area contributed by atoms with Crippen LogP contribution in [0.3, 0.4) is 0 Å². The summed E-state index contributed by atoms with van der Waals surface area (Å²) in [6.07, 6.45) is 5.52. The molecule has 1 saturated carbocycles. The first-order valence-electron chi connectivity index (χ1n) is 5.96. The Kier molecular flexibility index (Phi) is 1.74. The molecule has 0 N–H and O–H groups in total. The van der Waals surface area contributed by atoms with Gasteiger partial charge in [-0.15, -0.1) is 0 Å². The second kappa shape index (κ2) is 3.00. The summed E-state index contributed by atoms with van der Waals surface area (Å²) in [7, 11) is -3.26. The summed E-state index contributed by atoms with van der Waals surface area (Å²) in [6, 6.07) is 9.24. The third kappa shape index (κ3) is 1.17. The molecule has 1 heterocycles. The van der Waals surface area contributed by atoms with Crippen LogP contribution >= 0.6 is 0 Å². The van der Waals surface area contributed by atoms with Crippen molar-refractivity contribution in [3.8, 4) is 0 Å². The Labute approximate surface area is 101 Å². The van der Waals surface area contributed by atoms with Crippen LogP contribution in [0.5, 0.6) is 0 Å².